The van der Waals surface area contributed by atoms with Crippen LogP contribution in [0, 0.1) is 0 Å². The number of amides is 1. The van der Waals surface area contributed by atoms with Crippen molar-refractivity contribution in [2.45, 2.75) is 0 Å². The average Bonchev–Trinajstić information content (AvgIpc) is 2.17. The van der Waals surface area contributed by atoms with Crippen LogP contribution in [0.3, 0.4) is 0 Å². The Hall–Kier alpha value is -0.860. The summed E-state index contributed by atoms with van der Waals surface area (Å²) in [6.45, 7) is 2.18. The maximum atomic E-state index is 11.3. The minimum absolute atomic E-state index is 0.318. The van der Waals surface area contributed by atoms with Gasteiger partial charge in [0.1, 0.15) is 12.4 Å². The van der Waals surface area contributed by atoms with Gasteiger partial charge in [-0.2, -0.15) is 8.42 Å². The smallest absolute Gasteiger partial charge is 0.409 e. The topological polar surface area (TPSA) is 95.9 Å². The van der Waals surface area contributed by atoms with Crippen LogP contribution in [0.25, 0.3) is 0 Å². The first-order chi connectivity index (χ1) is 6.99. The zero-order chi connectivity index (χ0) is 11.3. The highest BCUT2D eigenvalue weighted by Crippen LogP contribution is 1.97. The first-order valence-corrected chi connectivity index (χ1v) is 6.17. The van der Waals surface area contributed by atoms with Gasteiger partial charge in [-0.05, 0) is 0 Å². The van der Waals surface area contributed by atoms with Gasteiger partial charge in [0.15, 0.2) is 0 Å². The monoisotopic (exact) mass is 238 g/mol. The summed E-state index contributed by atoms with van der Waals surface area (Å²) in [4.78, 5) is 12.8. The van der Waals surface area contributed by atoms with E-state index in [2.05, 4.69) is 10.1 Å². The lowest BCUT2D eigenvalue weighted by molar-refractivity contribution is 0.103. The van der Waals surface area contributed by atoms with Crippen LogP contribution in [0.2, 0.25) is 0 Å². The lowest BCUT2D eigenvalue weighted by Gasteiger charge is -2.26. The van der Waals surface area contributed by atoms with E-state index in [0.29, 0.717) is 26.2 Å². The van der Waals surface area contributed by atoms with E-state index in [0.717, 1.165) is 0 Å². The summed E-state index contributed by atoms with van der Waals surface area (Å²) in [7, 11) is -4.06. The summed E-state index contributed by atoms with van der Waals surface area (Å²) < 4.78 is 33.7. The molecule has 0 unspecified atom stereocenters. The fourth-order valence-electron chi connectivity index (χ4n) is 1.17. The zero-order valence-electron chi connectivity index (χ0n) is 8.18. The lowest BCUT2D eigenvalue weighted by Crippen LogP contribution is -2.46. The van der Waals surface area contributed by atoms with Gasteiger partial charge in [0, 0.05) is 26.2 Å². The highest BCUT2D eigenvalue weighted by atomic mass is 32.2. The largest absolute Gasteiger partial charge is 0.448 e. The number of carbonyl (C=O) groups is 1. The van der Waals surface area contributed by atoms with Crippen LogP contribution in [0.5, 0.6) is 0 Å². The van der Waals surface area contributed by atoms with E-state index >= 15 is 0 Å². The summed E-state index contributed by atoms with van der Waals surface area (Å²) in [6.07, 6.45) is -0.542. The van der Waals surface area contributed by atoms with E-state index in [1.807, 2.05) is 0 Å². The molecule has 0 aromatic heterocycles. The first-order valence-electron chi connectivity index (χ1n) is 4.56. The Morgan fingerprint density at radius 3 is 2.53 bits per heavy atom. The molecule has 1 fully saturated rings. The third kappa shape index (κ3) is 4.96. The summed E-state index contributed by atoms with van der Waals surface area (Å²) in [5, 5.41) is 3.06. The Labute approximate surface area is 88.1 Å². The molecule has 8 heteroatoms. The highest BCUT2D eigenvalue weighted by molar-refractivity contribution is 7.85. The number of hydrogen-bond donors (Lipinski definition) is 2. The molecule has 1 rings (SSSR count). The van der Waals surface area contributed by atoms with Crippen LogP contribution < -0.4 is 5.32 Å². The average molecular weight is 238 g/mol. The molecule has 2 N–H and O–H groups in total. The Balaban J connectivity index is 2.23. The van der Waals surface area contributed by atoms with Crippen molar-refractivity contribution in [1.82, 2.24) is 10.2 Å². The molecule has 0 radical (unpaired) electrons. The molecule has 0 spiro atoms. The quantitative estimate of drug-likeness (QED) is 0.607. The van der Waals surface area contributed by atoms with E-state index in [1.165, 1.54) is 4.90 Å². The van der Waals surface area contributed by atoms with Gasteiger partial charge in [-0.1, -0.05) is 0 Å². The zero-order valence-corrected chi connectivity index (χ0v) is 8.99. The molecule has 0 saturated carbocycles. The molecular formula is C7H14N2O5S. The number of ether oxygens (including phenoxy) is 1. The molecular weight excluding hydrogens is 224 g/mol. The van der Waals surface area contributed by atoms with E-state index in [1.54, 1.807) is 0 Å². The Bertz CT molecular complexity index is 309. The SMILES string of the molecule is O=C(OCCS(=O)(=O)O)N1CCNCC1. The van der Waals surface area contributed by atoms with E-state index in [9.17, 15) is 13.2 Å². The van der Waals surface area contributed by atoms with Gasteiger partial charge in [0.25, 0.3) is 10.1 Å². The highest BCUT2D eigenvalue weighted by Gasteiger charge is 2.17. The van der Waals surface area contributed by atoms with E-state index < -0.39 is 22.0 Å². The number of nitrogens with zero attached hydrogens (tertiary/aromatic N) is 1. The molecule has 88 valence electrons. The van der Waals surface area contributed by atoms with E-state index in [4.69, 9.17) is 4.55 Å². The Morgan fingerprint density at radius 2 is 2.00 bits per heavy atom. The second-order valence-corrected chi connectivity index (χ2v) is 4.71. The lowest BCUT2D eigenvalue weighted by atomic mass is 10.4. The van der Waals surface area contributed by atoms with Crippen molar-refractivity contribution in [1.29, 1.82) is 0 Å². The molecule has 15 heavy (non-hydrogen) atoms. The molecule has 1 saturated heterocycles. The fraction of sp³-hybridized carbons (Fsp3) is 0.857. The summed E-state index contributed by atoms with van der Waals surface area (Å²) in [5.41, 5.74) is 0. The van der Waals surface area contributed by atoms with Crippen LogP contribution in [0.1, 0.15) is 0 Å². The molecule has 0 atom stereocenters. The van der Waals surface area contributed by atoms with Crippen molar-refractivity contribution >= 4 is 16.2 Å². The minimum atomic E-state index is -4.06. The van der Waals surface area contributed by atoms with Crippen molar-refractivity contribution in [3.05, 3.63) is 0 Å². The molecule has 0 aromatic rings. The molecule has 1 heterocycles. The Kier molecular flexibility index (Phi) is 4.30. The third-order valence-electron chi connectivity index (χ3n) is 1.94. The maximum absolute atomic E-state index is 11.3. The predicted molar refractivity (Wildman–Crippen MR) is 52.2 cm³/mol. The van der Waals surface area contributed by atoms with Crippen molar-refractivity contribution in [2.24, 2.45) is 0 Å². The third-order valence-corrected chi connectivity index (χ3v) is 2.62. The van der Waals surface area contributed by atoms with Crippen molar-refractivity contribution in [3.8, 4) is 0 Å². The van der Waals surface area contributed by atoms with Gasteiger partial charge in [-0.25, -0.2) is 4.79 Å². The summed E-state index contributed by atoms with van der Waals surface area (Å²) in [6, 6.07) is 0. The molecule has 1 aliphatic rings. The van der Waals surface area contributed by atoms with Crippen LogP contribution in [0.15, 0.2) is 0 Å². The van der Waals surface area contributed by atoms with Crippen LogP contribution in [-0.2, 0) is 14.9 Å². The van der Waals surface area contributed by atoms with Crippen LogP contribution >= 0.6 is 0 Å². The van der Waals surface area contributed by atoms with Gasteiger partial charge in [0.05, 0.1) is 0 Å². The summed E-state index contributed by atoms with van der Waals surface area (Å²) in [5.74, 6) is -0.565. The predicted octanol–water partition coefficient (Wildman–Crippen LogP) is -1.08. The van der Waals surface area contributed by atoms with Crippen LogP contribution in [0.4, 0.5) is 4.79 Å². The van der Waals surface area contributed by atoms with Gasteiger partial charge in [0.2, 0.25) is 0 Å². The van der Waals surface area contributed by atoms with Crippen molar-refractivity contribution in [3.63, 3.8) is 0 Å². The van der Waals surface area contributed by atoms with Crippen molar-refractivity contribution < 1.29 is 22.5 Å². The summed E-state index contributed by atoms with van der Waals surface area (Å²) >= 11 is 0. The fourth-order valence-corrected chi connectivity index (χ4v) is 1.47. The number of hydrogen-bond acceptors (Lipinski definition) is 5. The second-order valence-electron chi connectivity index (χ2n) is 3.14. The van der Waals surface area contributed by atoms with Gasteiger partial charge in [-0.3, -0.25) is 4.55 Å². The standard InChI is InChI=1S/C7H14N2O5S/c10-7(9-3-1-8-2-4-9)14-5-6-15(11,12)13/h8H,1-6H2,(H,11,12,13). The number of carbonyl (C=O) groups excluding carboxylic acids is 1. The molecule has 0 aliphatic carbocycles. The van der Waals surface area contributed by atoms with Crippen molar-refractivity contribution in [2.75, 3.05) is 38.5 Å². The van der Waals surface area contributed by atoms with Gasteiger partial charge < -0.3 is 15.0 Å². The minimum Gasteiger partial charge on any atom is -0.448 e. The molecule has 0 bridgehead atoms. The van der Waals surface area contributed by atoms with E-state index in [-0.39, 0.29) is 6.61 Å². The van der Waals surface area contributed by atoms with Gasteiger partial charge >= 0.3 is 6.09 Å². The molecule has 1 aliphatic heterocycles. The van der Waals surface area contributed by atoms with Crippen LogP contribution in [-0.4, -0.2) is 62.5 Å². The molecule has 1 amide bonds. The number of piperazine rings is 1. The Morgan fingerprint density at radius 1 is 1.40 bits per heavy atom. The molecule has 7 nitrogen and oxygen atoms in total. The number of nitrogens with one attached hydrogen (secondary N) is 1. The second kappa shape index (κ2) is 5.29. The molecule has 0 aromatic carbocycles. The maximum Gasteiger partial charge on any atom is 0.409 e. The first kappa shape index (κ1) is 12.2. The number of rotatable bonds is 3. The normalized spacial score (nSPS) is 17.5. The van der Waals surface area contributed by atoms with Gasteiger partial charge in [-0.15, -0.1) is 0 Å².